The predicted molar refractivity (Wildman–Crippen MR) is 61.3 cm³/mol. The summed E-state index contributed by atoms with van der Waals surface area (Å²) in [5.41, 5.74) is 0.528. The molecule has 0 aliphatic rings. The second-order valence-corrected chi connectivity index (χ2v) is 4.29. The van der Waals surface area contributed by atoms with Gasteiger partial charge in [0.2, 0.25) is 0 Å². The topological polar surface area (TPSA) is 29.5 Å². The summed E-state index contributed by atoms with van der Waals surface area (Å²) in [6.07, 6.45) is -0.777. The Bertz CT molecular complexity index is 468. The minimum atomic E-state index is -0.777. The lowest BCUT2D eigenvalue weighted by Crippen LogP contribution is -1.98. The summed E-state index contributed by atoms with van der Waals surface area (Å²) in [5, 5.41) is 11.8. The highest BCUT2D eigenvalue weighted by atomic mass is 32.1. The monoisotopic (exact) mass is 238 g/mol. The second-order valence-electron chi connectivity index (χ2n) is 3.31. The number of rotatable bonds is 3. The number of thiophene rings is 1. The Kier molecular flexibility index (Phi) is 3.22. The maximum atomic E-state index is 13.4. The van der Waals surface area contributed by atoms with E-state index in [4.69, 9.17) is 4.74 Å². The lowest BCUT2D eigenvalue weighted by atomic mass is 10.1. The van der Waals surface area contributed by atoms with E-state index < -0.39 is 11.9 Å². The first-order valence-electron chi connectivity index (χ1n) is 4.77. The Balaban J connectivity index is 2.31. The van der Waals surface area contributed by atoms with Gasteiger partial charge in [0.1, 0.15) is 6.10 Å². The molecule has 1 atom stereocenters. The van der Waals surface area contributed by atoms with Gasteiger partial charge in [-0.05, 0) is 29.1 Å². The van der Waals surface area contributed by atoms with Crippen molar-refractivity contribution in [3.63, 3.8) is 0 Å². The van der Waals surface area contributed by atoms with Crippen LogP contribution < -0.4 is 4.74 Å². The van der Waals surface area contributed by atoms with Gasteiger partial charge in [-0.2, -0.15) is 0 Å². The molecule has 0 radical (unpaired) electrons. The van der Waals surface area contributed by atoms with Crippen molar-refractivity contribution in [2.24, 2.45) is 0 Å². The molecular formula is C12H11FO2S. The maximum absolute atomic E-state index is 13.4. The Hall–Kier alpha value is -1.39. The van der Waals surface area contributed by atoms with Crippen molar-refractivity contribution in [3.05, 3.63) is 52.0 Å². The van der Waals surface area contributed by atoms with Gasteiger partial charge < -0.3 is 9.84 Å². The highest BCUT2D eigenvalue weighted by molar-refractivity contribution is 7.10. The molecule has 0 amide bonds. The van der Waals surface area contributed by atoms with Crippen molar-refractivity contribution >= 4 is 11.3 Å². The van der Waals surface area contributed by atoms with Crippen molar-refractivity contribution in [2.45, 2.75) is 6.10 Å². The van der Waals surface area contributed by atoms with E-state index in [0.717, 1.165) is 4.88 Å². The van der Waals surface area contributed by atoms with E-state index in [9.17, 15) is 9.50 Å². The Labute approximate surface area is 96.9 Å². The third kappa shape index (κ3) is 2.08. The zero-order valence-electron chi connectivity index (χ0n) is 8.68. The zero-order valence-corrected chi connectivity index (χ0v) is 9.50. The summed E-state index contributed by atoms with van der Waals surface area (Å²) in [6.45, 7) is 0. The number of methoxy groups -OCH3 is 1. The van der Waals surface area contributed by atoms with Gasteiger partial charge in [0, 0.05) is 4.88 Å². The number of hydrogen-bond donors (Lipinski definition) is 1. The summed E-state index contributed by atoms with van der Waals surface area (Å²) >= 11 is 1.44. The van der Waals surface area contributed by atoms with Crippen LogP contribution in [0.15, 0.2) is 35.7 Å². The molecule has 0 saturated carbocycles. The van der Waals surface area contributed by atoms with E-state index in [0.29, 0.717) is 5.56 Å². The van der Waals surface area contributed by atoms with E-state index in [1.165, 1.54) is 30.6 Å². The Morgan fingerprint density at radius 2 is 2.19 bits per heavy atom. The molecule has 0 aliphatic carbocycles. The average molecular weight is 238 g/mol. The molecule has 0 aliphatic heterocycles. The van der Waals surface area contributed by atoms with Crippen molar-refractivity contribution in [1.29, 1.82) is 0 Å². The van der Waals surface area contributed by atoms with Crippen LogP contribution in [0, 0.1) is 5.82 Å². The summed E-state index contributed by atoms with van der Waals surface area (Å²) in [5.74, 6) is -0.280. The van der Waals surface area contributed by atoms with Crippen LogP contribution in [0.3, 0.4) is 0 Å². The average Bonchev–Trinajstić information content (AvgIpc) is 2.81. The van der Waals surface area contributed by atoms with Crippen LogP contribution in [0.1, 0.15) is 16.5 Å². The quantitative estimate of drug-likeness (QED) is 0.890. The highest BCUT2D eigenvalue weighted by Gasteiger charge is 2.13. The molecule has 0 spiro atoms. The predicted octanol–water partition coefficient (Wildman–Crippen LogP) is 2.98. The minimum Gasteiger partial charge on any atom is -0.494 e. The number of benzene rings is 1. The fraction of sp³-hybridized carbons (Fsp3) is 0.167. The largest absolute Gasteiger partial charge is 0.494 e. The van der Waals surface area contributed by atoms with Crippen LogP contribution in [0.5, 0.6) is 5.75 Å². The van der Waals surface area contributed by atoms with Crippen molar-refractivity contribution in [2.75, 3.05) is 7.11 Å². The molecule has 1 heterocycles. The van der Waals surface area contributed by atoms with E-state index in [-0.39, 0.29) is 5.75 Å². The van der Waals surface area contributed by atoms with Crippen LogP contribution >= 0.6 is 11.3 Å². The molecule has 2 rings (SSSR count). The number of halogens is 1. The lowest BCUT2D eigenvalue weighted by Gasteiger charge is -2.10. The van der Waals surface area contributed by atoms with Gasteiger partial charge in [0.25, 0.3) is 0 Å². The molecule has 1 aromatic carbocycles. The molecule has 16 heavy (non-hydrogen) atoms. The summed E-state index contributed by atoms with van der Waals surface area (Å²) in [6, 6.07) is 8.14. The molecule has 0 fully saturated rings. The van der Waals surface area contributed by atoms with Gasteiger partial charge in [-0.1, -0.05) is 12.1 Å². The van der Waals surface area contributed by atoms with Gasteiger partial charge in [-0.3, -0.25) is 0 Å². The Morgan fingerprint density at radius 1 is 1.38 bits per heavy atom. The van der Waals surface area contributed by atoms with Crippen molar-refractivity contribution < 1.29 is 14.2 Å². The fourth-order valence-corrected chi connectivity index (χ4v) is 2.20. The maximum Gasteiger partial charge on any atom is 0.165 e. The first-order chi connectivity index (χ1) is 7.72. The van der Waals surface area contributed by atoms with Gasteiger partial charge >= 0.3 is 0 Å². The standard InChI is InChI=1S/C12H11FO2S/c1-15-10-5-4-8(7-9(10)13)12(14)11-3-2-6-16-11/h2-7,12,14H,1H3/t12-/m1/s1. The molecule has 1 N–H and O–H groups in total. The van der Waals surface area contributed by atoms with E-state index in [2.05, 4.69) is 0 Å². The van der Waals surface area contributed by atoms with Crippen molar-refractivity contribution in [1.82, 2.24) is 0 Å². The van der Waals surface area contributed by atoms with Crippen molar-refractivity contribution in [3.8, 4) is 5.75 Å². The first-order valence-corrected chi connectivity index (χ1v) is 5.65. The normalized spacial score (nSPS) is 12.4. The molecule has 1 aromatic heterocycles. The molecule has 2 aromatic rings. The van der Waals surface area contributed by atoms with Crippen LogP contribution in [0.25, 0.3) is 0 Å². The fourth-order valence-electron chi connectivity index (χ4n) is 1.46. The van der Waals surface area contributed by atoms with Crippen LogP contribution in [-0.2, 0) is 0 Å². The SMILES string of the molecule is COc1ccc([C@@H](O)c2cccs2)cc1F. The van der Waals surface area contributed by atoms with E-state index in [1.54, 1.807) is 6.07 Å². The number of aliphatic hydroxyl groups is 1. The molecule has 0 bridgehead atoms. The van der Waals surface area contributed by atoms with Crippen LogP contribution in [-0.4, -0.2) is 12.2 Å². The smallest absolute Gasteiger partial charge is 0.165 e. The highest BCUT2D eigenvalue weighted by Crippen LogP contribution is 2.28. The number of aliphatic hydroxyl groups excluding tert-OH is 1. The summed E-state index contributed by atoms with van der Waals surface area (Å²) in [7, 11) is 1.41. The second kappa shape index (κ2) is 4.63. The first kappa shape index (κ1) is 11.1. The number of hydrogen-bond acceptors (Lipinski definition) is 3. The summed E-state index contributed by atoms with van der Waals surface area (Å²) < 4.78 is 18.2. The molecular weight excluding hydrogens is 227 g/mol. The van der Waals surface area contributed by atoms with Gasteiger partial charge in [-0.15, -0.1) is 11.3 Å². The van der Waals surface area contributed by atoms with Crippen LogP contribution in [0.4, 0.5) is 4.39 Å². The molecule has 2 nitrogen and oxygen atoms in total. The number of ether oxygens (including phenoxy) is 1. The third-order valence-electron chi connectivity index (χ3n) is 2.30. The zero-order chi connectivity index (χ0) is 11.5. The summed E-state index contributed by atoms with van der Waals surface area (Å²) in [4.78, 5) is 0.796. The molecule has 0 saturated heterocycles. The molecule has 4 heteroatoms. The van der Waals surface area contributed by atoms with E-state index >= 15 is 0 Å². The molecule has 84 valence electrons. The minimum absolute atomic E-state index is 0.183. The lowest BCUT2D eigenvalue weighted by molar-refractivity contribution is 0.223. The van der Waals surface area contributed by atoms with Gasteiger partial charge in [0.15, 0.2) is 11.6 Å². The Morgan fingerprint density at radius 3 is 2.75 bits per heavy atom. The van der Waals surface area contributed by atoms with Gasteiger partial charge in [0.05, 0.1) is 7.11 Å². The molecule has 0 unspecified atom stereocenters. The third-order valence-corrected chi connectivity index (χ3v) is 3.23. The van der Waals surface area contributed by atoms with Gasteiger partial charge in [-0.25, -0.2) is 4.39 Å². The van der Waals surface area contributed by atoms with E-state index in [1.807, 2.05) is 17.5 Å². The van der Waals surface area contributed by atoms with Crippen LogP contribution in [0.2, 0.25) is 0 Å².